The minimum absolute atomic E-state index is 0.0308. The van der Waals surface area contributed by atoms with E-state index in [2.05, 4.69) is 22.0 Å². The number of aromatic amines is 1. The molecule has 4 aromatic rings. The van der Waals surface area contributed by atoms with Gasteiger partial charge in [-0.1, -0.05) is 48.5 Å². The van der Waals surface area contributed by atoms with Gasteiger partial charge in [0.2, 0.25) is 0 Å². The lowest BCUT2D eigenvalue weighted by atomic mass is 10.00. The van der Waals surface area contributed by atoms with E-state index in [1.165, 1.54) is 7.11 Å². The predicted molar refractivity (Wildman–Crippen MR) is 163 cm³/mol. The van der Waals surface area contributed by atoms with Crippen LogP contribution in [0.1, 0.15) is 47.8 Å². The van der Waals surface area contributed by atoms with Crippen LogP contribution in [-0.4, -0.2) is 76.6 Å². The van der Waals surface area contributed by atoms with Gasteiger partial charge in [0, 0.05) is 49.2 Å². The smallest absolute Gasteiger partial charge is 0.410 e. The van der Waals surface area contributed by atoms with E-state index in [0.717, 1.165) is 41.8 Å². The number of aromatic hydroxyl groups is 1. The quantitative estimate of drug-likeness (QED) is 0.222. The van der Waals surface area contributed by atoms with Crippen LogP contribution in [0.4, 0.5) is 10.5 Å². The second-order valence-corrected chi connectivity index (χ2v) is 11.3. The van der Waals surface area contributed by atoms with Crippen LogP contribution < -0.4 is 0 Å². The molecule has 1 amide bonds. The standard InChI is InChI=1S/C33H36N4O5/c1-33(2,3)42-32(40)37-18-16-36(17-19-37)21-22-10-13-25(14-11-22)34-29(23-8-6-5-7-9-23)28-26-15-12-24(31(39)41-4)20-27(26)35-30(28)38/h5-15,20,35,38H,16-19,21H2,1-4H3. The first kappa shape index (κ1) is 28.9. The molecule has 0 aliphatic carbocycles. The minimum atomic E-state index is -0.500. The van der Waals surface area contributed by atoms with E-state index in [4.69, 9.17) is 14.5 Å². The average molecular weight is 569 g/mol. The fourth-order valence-corrected chi connectivity index (χ4v) is 5.01. The van der Waals surface area contributed by atoms with Crippen molar-refractivity contribution in [1.82, 2.24) is 14.8 Å². The van der Waals surface area contributed by atoms with Gasteiger partial charge in [0.25, 0.3) is 0 Å². The molecule has 1 aliphatic rings. The number of rotatable bonds is 6. The molecule has 0 radical (unpaired) electrons. The van der Waals surface area contributed by atoms with Crippen molar-refractivity contribution in [2.75, 3.05) is 33.3 Å². The van der Waals surface area contributed by atoms with Crippen LogP contribution in [0.15, 0.2) is 77.8 Å². The summed E-state index contributed by atoms with van der Waals surface area (Å²) in [5, 5.41) is 11.7. The number of benzene rings is 3. The first-order valence-corrected chi connectivity index (χ1v) is 14.0. The molecule has 0 atom stereocenters. The van der Waals surface area contributed by atoms with Gasteiger partial charge in [0.15, 0.2) is 5.88 Å². The number of piperazine rings is 1. The Balaban J connectivity index is 1.36. The highest BCUT2D eigenvalue weighted by molar-refractivity contribution is 6.22. The topological polar surface area (TPSA) is 107 Å². The second kappa shape index (κ2) is 12.1. The van der Waals surface area contributed by atoms with Crippen molar-refractivity contribution >= 4 is 34.4 Å². The van der Waals surface area contributed by atoms with Crippen molar-refractivity contribution in [1.29, 1.82) is 0 Å². The number of ether oxygens (including phenoxy) is 2. The van der Waals surface area contributed by atoms with Gasteiger partial charge < -0.3 is 24.5 Å². The van der Waals surface area contributed by atoms with Crippen LogP contribution in [-0.2, 0) is 16.0 Å². The molecule has 1 fully saturated rings. The minimum Gasteiger partial charge on any atom is -0.494 e. The molecule has 0 saturated carbocycles. The molecule has 3 aromatic carbocycles. The van der Waals surface area contributed by atoms with Gasteiger partial charge in [-0.25, -0.2) is 14.6 Å². The molecule has 2 N–H and O–H groups in total. The lowest BCUT2D eigenvalue weighted by Crippen LogP contribution is -2.49. The molecule has 1 saturated heterocycles. The number of carbonyl (C=O) groups is 2. The summed E-state index contributed by atoms with van der Waals surface area (Å²) in [4.78, 5) is 36.5. The average Bonchev–Trinajstić information content (AvgIpc) is 3.30. The zero-order valence-electron chi connectivity index (χ0n) is 24.4. The van der Waals surface area contributed by atoms with Crippen molar-refractivity contribution in [3.05, 3.63) is 95.1 Å². The van der Waals surface area contributed by atoms with E-state index >= 15 is 0 Å². The van der Waals surface area contributed by atoms with Crippen LogP contribution >= 0.6 is 0 Å². The number of carbonyl (C=O) groups excluding carboxylic acids is 2. The fraction of sp³-hybridized carbons (Fsp3) is 0.303. The summed E-state index contributed by atoms with van der Waals surface area (Å²) in [5.74, 6) is -0.480. The van der Waals surface area contributed by atoms with Crippen molar-refractivity contribution in [3.63, 3.8) is 0 Å². The summed E-state index contributed by atoms with van der Waals surface area (Å²) in [6.45, 7) is 9.21. The molecule has 1 aromatic heterocycles. The largest absolute Gasteiger partial charge is 0.494 e. The molecular weight excluding hydrogens is 532 g/mol. The van der Waals surface area contributed by atoms with Crippen LogP contribution in [0.2, 0.25) is 0 Å². The van der Waals surface area contributed by atoms with Crippen molar-refractivity contribution in [2.45, 2.75) is 32.9 Å². The lowest BCUT2D eigenvalue weighted by Gasteiger charge is -2.35. The highest BCUT2D eigenvalue weighted by Gasteiger charge is 2.26. The first-order valence-electron chi connectivity index (χ1n) is 14.0. The van der Waals surface area contributed by atoms with Gasteiger partial charge in [0.1, 0.15) is 5.60 Å². The first-order chi connectivity index (χ1) is 20.1. The number of amides is 1. The number of esters is 1. The van der Waals surface area contributed by atoms with Crippen LogP contribution in [0.25, 0.3) is 10.9 Å². The second-order valence-electron chi connectivity index (χ2n) is 11.3. The van der Waals surface area contributed by atoms with Gasteiger partial charge in [-0.2, -0.15) is 0 Å². The lowest BCUT2D eigenvalue weighted by molar-refractivity contribution is 0.0139. The maximum absolute atomic E-state index is 12.4. The number of H-pyrrole nitrogens is 1. The number of nitrogens with one attached hydrogen (secondary N) is 1. The third-order valence-corrected chi connectivity index (χ3v) is 7.09. The van der Waals surface area contributed by atoms with Crippen LogP contribution in [0, 0.1) is 0 Å². The predicted octanol–water partition coefficient (Wildman–Crippen LogP) is 5.88. The Labute approximate surface area is 245 Å². The molecule has 9 nitrogen and oxygen atoms in total. The number of fused-ring (bicyclic) bond motifs is 1. The Morgan fingerprint density at radius 1 is 0.929 bits per heavy atom. The number of hydrogen-bond donors (Lipinski definition) is 2. The van der Waals surface area contributed by atoms with Gasteiger partial charge in [-0.3, -0.25) is 4.90 Å². The highest BCUT2D eigenvalue weighted by Crippen LogP contribution is 2.32. The van der Waals surface area contributed by atoms with E-state index in [1.54, 1.807) is 23.1 Å². The molecule has 0 unspecified atom stereocenters. The van der Waals surface area contributed by atoms with Gasteiger partial charge in [-0.05, 0) is 50.6 Å². The van der Waals surface area contributed by atoms with Gasteiger partial charge in [-0.15, -0.1) is 0 Å². The Morgan fingerprint density at radius 3 is 2.26 bits per heavy atom. The Bertz CT molecular complexity index is 1600. The van der Waals surface area contributed by atoms with Crippen molar-refractivity contribution < 1.29 is 24.2 Å². The molecule has 2 heterocycles. The summed E-state index contributed by atoms with van der Waals surface area (Å²) >= 11 is 0. The normalized spacial score (nSPS) is 14.7. The highest BCUT2D eigenvalue weighted by atomic mass is 16.6. The van der Waals surface area contributed by atoms with E-state index in [-0.39, 0.29) is 12.0 Å². The van der Waals surface area contributed by atoms with E-state index in [1.807, 2.05) is 63.2 Å². The van der Waals surface area contributed by atoms with Gasteiger partial charge >= 0.3 is 12.1 Å². The van der Waals surface area contributed by atoms with E-state index in [0.29, 0.717) is 35.4 Å². The molecule has 5 rings (SSSR count). The third-order valence-electron chi connectivity index (χ3n) is 7.09. The van der Waals surface area contributed by atoms with Crippen LogP contribution in [0.5, 0.6) is 5.88 Å². The van der Waals surface area contributed by atoms with Gasteiger partial charge in [0.05, 0.1) is 29.6 Å². The van der Waals surface area contributed by atoms with E-state index < -0.39 is 11.6 Å². The molecule has 0 bridgehead atoms. The number of aromatic nitrogens is 1. The summed E-state index contributed by atoms with van der Waals surface area (Å²) in [6.07, 6.45) is -0.260. The maximum atomic E-state index is 12.4. The summed E-state index contributed by atoms with van der Waals surface area (Å²) in [6, 6.07) is 22.9. The molecule has 218 valence electrons. The SMILES string of the molecule is COC(=O)c1ccc2c(C(=Nc3ccc(CN4CCN(C(=O)OC(C)(C)C)CC4)cc3)c3ccccc3)c(O)[nH]c2c1. The number of nitrogens with zero attached hydrogens (tertiary/aromatic N) is 3. The van der Waals surface area contributed by atoms with Crippen molar-refractivity contribution in [3.8, 4) is 5.88 Å². The monoisotopic (exact) mass is 568 g/mol. The Kier molecular flexibility index (Phi) is 8.31. The summed E-state index contributed by atoms with van der Waals surface area (Å²) in [7, 11) is 1.34. The number of methoxy groups -OCH3 is 1. The zero-order valence-corrected chi connectivity index (χ0v) is 24.4. The molecular formula is C33H36N4O5. The third kappa shape index (κ3) is 6.63. The maximum Gasteiger partial charge on any atom is 0.410 e. The summed E-state index contributed by atoms with van der Waals surface area (Å²) < 4.78 is 10.3. The Morgan fingerprint density at radius 2 is 1.62 bits per heavy atom. The van der Waals surface area contributed by atoms with Crippen LogP contribution in [0.3, 0.4) is 0 Å². The molecule has 1 aliphatic heterocycles. The molecule has 42 heavy (non-hydrogen) atoms. The molecule has 9 heteroatoms. The summed E-state index contributed by atoms with van der Waals surface area (Å²) in [5.41, 5.74) is 4.39. The molecule has 0 spiro atoms. The number of hydrogen-bond acceptors (Lipinski definition) is 7. The number of aliphatic imine (C=N–C) groups is 1. The van der Waals surface area contributed by atoms with Crippen molar-refractivity contribution in [2.24, 2.45) is 4.99 Å². The van der Waals surface area contributed by atoms with E-state index in [9.17, 15) is 14.7 Å². The Hall–Kier alpha value is -4.63. The fourth-order valence-electron chi connectivity index (χ4n) is 5.01. The zero-order chi connectivity index (χ0) is 29.9.